The summed E-state index contributed by atoms with van der Waals surface area (Å²) in [6.45, 7) is 0. The van der Waals surface area contributed by atoms with Gasteiger partial charge in [-0.3, -0.25) is 0 Å². The van der Waals surface area contributed by atoms with Crippen molar-refractivity contribution < 1.29 is 13.5 Å². The Bertz CT molecular complexity index is 619. The molecule has 2 N–H and O–H groups in total. The predicted molar refractivity (Wildman–Crippen MR) is 77.7 cm³/mol. The Labute approximate surface area is 124 Å². The summed E-state index contributed by atoms with van der Waals surface area (Å²) in [5.41, 5.74) is 6.98. The van der Waals surface area contributed by atoms with Crippen LogP contribution in [-0.2, 0) is 6.42 Å². The standard InChI is InChI=1S/C15H14BrF2NO/c1-20-15-5-2-10(16)6-9(15)7-14(19)12-8-11(17)3-4-13(12)18/h2-6,8,14H,7,19H2,1H3. The molecule has 0 saturated carbocycles. The normalized spacial score (nSPS) is 12.2. The van der Waals surface area contributed by atoms with Gasteiger partial charge < -0.3 is 10.5 Å². The Balaban J connectivity index is 2.29. The van der Waals surface area contributed by atoms with Gasteiger partial charge in [0.05, 0.1) is 7.11 Å². The third-order valence-corrected chi connectivity index (χ3v) is 3.53. The highest BCUT2D eigenvalue weighted by molar-refractivity contribution is 9.10. The first-order valence-electron chi connectivity index (χ1n) is 6.04. The molecule has 0 saturated heterocycles. The van der Waals surface area contributed by atoms with Gasteiger partial charge in [0.25, 0.3) is 0 Å². The van der Waals surface area contributed by atoms with E-state index in [4.69, 9.17) is 10.5 Å². The predicted octanol–water partition coefficient (Wildman–Crippen LogP) is 3.98. The van der Waals surface area contributed by atoms with E-state index in [-0.39, 0.29) is 5.56 Å². The zero-order chi connectivity index (χ0) is 14.7. The lowest BCUT2D eigenvalue weighted by Gasteiger charge is -2.15. The molecular weight excluding hydrogens is 328 g/mol. The van der Waals surface area contributed by atoms with E-state index in [1.165, 1.54) is 0 Å². The maximum atomic E-state index is 13.7. The van der Waals surface area contributed by atoms with Gasteiger partial charge in [-0.2, -0.15) is 0 Å². The van der Waals surface area contributed by atoms with Gasteiger partial charge in [-0.25, -0.2) is 8.78 Å². The van der Waals surface area contributed by atoms with Crippen LogP contribution >= 0.6 is 15.9 Å². The topological polar surface area (TPSA) is 35.2 Å². The van der Waals surface area contributed by atoms with Crippen molar-refractivity contribution in [2.75, 3.05) is 7.11 Å². The van der Waals surface area contributed by atoms with Crippen molar-refractivity contribution in [1.82, 2.24) is 0 Å². The number of ether oxygens (including phenoxy) is 1. The van der Waals surface area contributed by atoms with Crippen molar-refractivity contribution in [3.8, 4) is 5.75 Å². The smallest absolute Gasteiger partial charge is 0.128 e. The lowest BCUT2D eigenvalue weighted by atomic mass is 9.98. The Kier molecular flexibility index (Phi) is 4.73. The molecule has 0 aliphatic heterocycles. The molecule has 0 spiro atoms. The van der Waals surface area contributed by atoms with Gasteiger partial charge in [-0.05, 0) is 48.4 Å². The van der Waals surface area contributed by atoms with E-state index in [0.29, 0.717) is 12.2 Å². The SMILES string of the molecule is COc1ccc(Br)cc1CC(N)c1cc(F)ccc1F. The van der Waals surface area contributed by atoms with Gasteiger partial charge in [0, 0.05) is 16.1 Å². The number of rotatable bonds is 4. The van der Waals surface area contributed by atoms with Gasteiger partial charge in [-0.1, -0.05) is 15.9 Å². The molecule has 0 bridgehead atoms. The van der Waals surface area contributed by atoms with Crippen LogP contribution in [0.25, 0.3) is 0 Å². The molecule has 2 aromatic rings. The van der Waals surface area contributed by atoms with Crippen LogP contribution in [0.2, 0.25) is 0 Å². The molecule has 0 aromatic heterocycles. The van der Waals surface area contributed by atoms with E-state index in [1.807, 2.05) is 12.1 Å². The monoisotopic (exact) mass is 341 g/mol. The second kappa shape index (κ2) is 6.33. The summed E-state index contributed by atoms with van der Waals surface area (Å²) in [4.78, 5) is 0. The minimum Gasteiger partial charge on any atom is -0.496 e. The molecular formula is C15H14BrF2NO. The average Bonchev–Trinajstić information content (AvgIpc) is 2.41. The minimum absolute atomic E-state index is 0.159. The summed E-state index contributed by atoms with van der Waals surface area (Å²) in [6, 6.07) is 8.15. The van der Waals surface area contributed by atoms with Crippen molar-refractivity contribution in [3.63, 3.8) is 0 Å². The number of hydrogen-bond donors (Lipinski definition) is 1. The van der Waals surface area contributed by atoms with Crippen molar-refractivity contribution in [3.05, 3.63) is 63.6 Å². The highest BCUT2D eigenvalue weighted by Gasteiger charge is 2.15. The number of benzene rings is 2. The van der Waals surface area contributed by atoms with Crippen LogP contribution in [0.4, 0.5) is 8.78 Å². The molecule has 20 heavy (non-hydrogen) atoms. The number of methoxy groups -OCH3 is 1. The highest BCUT2D eigenvalue weighted by Crippen LogP contribution is 2.28. The third kappa shape index (κ3) is 3.35. The average molecular weight is 342 g/mol. The fraction of sp³-hybridized carbons (Fsp3) is 0.200. The van der Waals surface area contributed by atoms with Crippen LogP contribution in [0.5, 0.6) is 5.75 Å². The fourth-order valence-corrected chi connectivity index (χ4v) is 2.46. The molecule has 2 aromatic carbocycles. The van der Waals surface area contributed by atoms with Gasteiger partial charge in [0.15, 0.2) is 0 Å². The summed E-state index contributed by atoms with van der Waals surface area (Å²) in [5.74, 6) is -0.341. The fourth-order valence-electron chi connectivity index (χ4n) is 2.05. The quantitative estimate of drug-likeness (QED) is 0.912. The van der Waals surface area contributed by atoms with Crippen LogP contribution in [0.1, 0.15) is 17.2 Å². The maximum Gasteiger partial charge on any atom is 0.128 e. The van der Waals surface area contributed by atoms with Crippen LogP contribution in [0.15, 0.2) is 40.9 Å². The van der Waals surface area contributed by atoms with Crippen LogP contribution < -0.4 is 10.5 Å². The number of nitrogens with two attached hydrogens (primary N) is 1. The maximum absolute atomic E-state index is 13.7. The van der Waals surface area contributed by atoms with Crippen LogP contribution in [0.3, 0.4) is 0 Å². The van der Waals surface area contributed by atoms with E-state index >= 15 is 0 Å². The van der Waals surface area contributed by atoms with E-state index in [1.54, 1.807) is 13.2 Å². The molecule has 0 aliphatic carbocycles. The van der Waals surface area contributed by atoms with Crippen molar-refractivity contribution in [2.24, 2.45) is 5.73 Å². The van der Waals surface area contributed by atoms with Crippen molar-refractivity contribution in [2.45, 2.75) is 12.5 Å². The lowest BCUT2D eigenvalue weighted by molar-refractivity contribution is 0.407. The molecule has 1 unspecified atom stereocenters. The molecule has 2 nitrogen and oxygen atoms in total. The number of halogens is 3. The lowest BCUT2D eigenvalue weighted by Crippen LogP contribution is -2.16. The van der Waals surface area contributed by atoms with Gasteiger partial charge >= 0.3 is 0 Å². The van der Waals surface area contributed by atoms with Crippen LogP contribution in [-0.4, -0.2) is 7.11 Å². The first kappa shape index (κ1) is 14.9. The van der Waals surface area contributed by atoms with Crippen LogP contribution in [0, 0.1) is 11.6 Å². The zero-order valence-electron chi connectivity index (χ0n) is 10.9. The molecule has 2 rings (SSSR count). The second-order valence-electron chi connectivity index (χ2n) is 4.43. The molecule has 0 fully saturated rings. The largest absolute Gasteiger partial charge is 0.496 e. The summed E-state index contributed by atoms with van der Waals surface area (Å²) >= 11 is 3.37. The summed E-state index contributed by atoms with van der Waals surface area (Å²) in [7, 11) is 1.56. The molecule has 5 heteroatoms. The van der Waals surface area contributed by atoms with Crippen molar-refractivity contribution >= 4 is 15.9 Å². The van der Waals surface area contributed by atoms with E-state index < -0.39 is 17.7 Å². The molecule has 0 amide bonds. The Morgan fingerprint density at radius 3 is 2.65 bits per heavy atom. The van der Waals surface area contributed by atoms with Gasteiger partial charge in [0.1, 0.15) is 17.4 Å². The summed E-state index contributed by atoms with van der Waals surface area (Å²) in [5, 5.41) is 0. The highest BCUT2D eigenvalue weighted by atomic mass is 79.9. The first-order valence-corrected chi connectivity index (χ1v) is 6.83. The van der Waals surface area contributed by atoms with E-state index in [0.717, 1.165) is 28.2 Å². The minimum atomic E-state index is -0.645. The van der Waals surface area contributed by atoms with E-state index in [2.05, 4.69) is 15.9 Å². The first-order chi connectivity index (χ1) is 9.51. The summed E-state index contributed by atoms with van der Waals surface area (Å²) in [6.07, 6.45) is 0.350. The van der Waals surface area contributed by atoms with Gasteiger partial charge in [-0.15, -0.1) is 0 Å². The summed E-state index contributed by atoms with van der Waals surface area (Å²) < 4.78 is 33.0. The molecule has 0 radical (unpaired) electrons. The Morgan fingerprint density at radius 2 is 1.95 bits per heavy atom. The molecule has 106 valence electrons. The Morgan fingerprint density at radius 1 is 1.20 bits per heavy atom. The number of hydrogen-bond acceptors (Lipinski definition) is 2. The van der Waals surface area contributed by atoms with E-state index in [9.17, 15) is 8.78 Å². The van der Waals surface area contributed by atoms with Gasteiger partial charge in [0.2, 0.25) is 0 Å². The Hall–Kier alpha value is -1.46. The molecule has 0 heterocycles. The van der Waals surface area contributed by atoms with Crippen molar-refractivity contribution in [1.29, 1.82) is 0 Å². The third-order valence-electron chi connectivity index (χ3n) is 3.04. The molecule has 0 aliphatic rings. The molecule has 1 atom stereocenters. The second-order valence-corrected chi connectivity index (χ2v) is 5.35. The zero-order valence-corrected chi connectivity index (χ0v) is 12.5.